The van der Waals surface area contributed by atoms with E-state index in [2.05, 4.69) is 59.7 Å². The molecule has 1 amide bonds. The molecule has 8 heteroatoms. The molecule has 0 spiro atoms. The fraction of sp³-hybridized carbons (Fsp3) is 0.200. The molecule has 6 nitrogen and oxygen atoms in total. The number of thiophene rings is 1. The second-order valence-electron chi connectivity index (χ2n) is 8.22. The summed E-state index contributed by atoms with van der Waals surface area (Å²) in [5.41, 5.74) is 6.73. The SMILES string of the molecule is Cc1ccc(C)c(-n2c(C)cc(/C=C3\C(=N)N4N=C(Cc5cccs5)SC4=NC3=O)c2C)c1. The number of aromatic nitrogens is 1. The summed E-state index contributed by atoms with van der Waals surface area (Å²) in [5, 5.41) is 18.0. The van der Waals surface area contributed by atoms with Gasteiger partial charge in [-0.05, 0) is 85.8 Å². The Morgan fingerprint density at radius 3 is 2.70 bits per heavy atom. The van der Waals surface area contributed by atoms with E-state index in [-0.39, 0.29) is 11.4 Å². The van der Waals surface area contributed by atoms with Crippen LogP contribution < -0.4 is 0 Å². The lowest BCUT2D eigenvalue weighted by Gasteiger charge is -2.20. The molecule has 33 heavy (non-hydrogen) atoms. The Kier molecular flexibility index (Phi) is 5.42. The number of amidine groups is 2. The van der Waals surface area contributed by atoms with Crippen molar-refractivity contribution in [3.05, 3.63) is 80.3 Å². The molecule has 0 saturated carbocycles. The molecule has 2 aliphatic rings. The van der Waals surface area contributed by atoms with Crippen molar-refractivity contribution in [1.29, 1.82) is 5.41 Å². The van der Waals surface area contributed by atoms with Gasteiger partial charge in [0.25, 0.3) is 5.91 Å². The van der Waals surface area contributed by atoms with Crippen LogP contribution in [0.3, 0.4) is 0 Å². The summed E-state index contributed by atoms with van der Waals surface area (Å²) in [6.07, 6.45) is 2.45. The summed E-state index contributed by atoms with van der Waals surface area (Å²) >= 11 is 3.02. The average Bonchev–Trinajstić information content (AvgIpc) is 3.48. The van der Waals surface area contributed by atoms with Crippen LogP contribution >= 0.6 is 23.1 Å². The number of thioether (sulfide) groups is 1. The van der Waals surface area contributed by atoms with Crippen molar-refractivity contribution < 1.29 is 4.79 Å². The molecular formula is C25H23N5OS2. The molecule has 1 aromatic carbocycles. The monoisotopic (exact) mass is 473 g/mol. The van der Waals surface area contributed by atoms with Crippen molar-refractivity contribution in [2.45, 2.75) is 34.1 Å². The van der Waals surface area contributed by atoms with Gasteiger partial charge in [-0.1, -0.05) is 18.2 Å². The number of hydrogen-bond donors (Lipinski definition) is 1. The van der Waals surface area contributed by atoms with E-state index in [9.17, 15) is 4.79 Å². The minimum absolute atomic E-state index is 0.0650. The van der Waals surface area contributed by atoms with Gasteiger partial charge in [0.05, 0.1) is 5.57 Å². The zero-order chi connectivity index (χ0) is 23.3. The molecule has 0 fully saturated rings. The van der Waals surface area contributed by atoms with Crippen molar-refractivity contribution in [2.75, 3.05) is 0 Å². The smallest absolute Gasteiger partial charge is 0.283 e. The number of hydrogen-bond acceptors (Lipinski definition) is 5. The van der Waals surface area contributed by atoms with E-state index in [0.29, 0.717) is 11.6 Å². The first-order valence-corrected chi connectivity index (χ1v) is 12.3. The van der Waals surface area contributed by atoms with E-state index < -0.39 is 5.91 Å². The summed E-state index contributed by atoms with van der Waals surface area (Å²) in [6.45, 7) is 8.27. The number of benzene rings is 1. The summed E-state index contributed by atoms with van der Waals surface area (Å²) in [7, 11) is 0. The highest BCUT2D eigenvalue weighted by atomic mass is 32.2. The highest BCUT2D eigenvalue weighted by Crippen LogP contribution is 2.31. The fourth-order valence-electron chi connectivity index (χ4n) is 4.09. The van der Waals surface area contributed by atoms with Crippen LogP contribution in [0.1, 0.15) is 33.0 Å². The molecule has 2 aliphatic heterocycles. The largest absolute Gasteiger partial charge is 0.318 e. The molecule has 0 bridgehead atoms. The number of hydrazone groups is 1. The quantitative estimate of drug-likeness (QED) is 0.499. The Bertz CT molecular complexity index is 1390. The van der Waals surface area contributed by atoms with Gasteiger partial charge >= 0.3 is 0 Å². The van der Waals surface area contributed by atoms with Gasteiger partial charge in [-0.15, -0.1) is 11.3 Å². The van der Waals surface area contributed by atoms with Crippen LogP contribution in [0.2, 0.25) is 0 Å². The first kappa shape index (κ1) is 21.6. The summed E-state index contributed by atoms with van der Waals surface area (Å²) in [6, 6.07) is 12.5. The third-order valence-corrected chi connectivity index (χ3v) is 7.56. The summed E-state index contributed by atoms with van der Waals surface area (Å²) in [5.74, 6) is -0.335. The lowest BCUT2D eigenvalue weighted by Crippen LogP contribution is -2.35. The maximum atomic E-state index is 12.9. The second kappa shape index (κ2) is 8.28. The Labute approximate surface area is 200 Å². The van der Waals surface area contributed by atoms with Gasteiger partial charge in [0.2, 0.25) is 5.17 Å². The number of aliphatic imine (C=N–C) groups is 1. The number of fused-ring (bicyclic) bond motifs is 1. The molecule has 166 valence electrons. The molecule has 2 aromatic heterocycles. The summed E-state index contributed by atoms with van der Waals surface area (Å²) < 4.78 is 2.20. The Hall–Kier alpha value is -3.23. The molecule has 1 N–H and O–H groups in total. The van der Waals surface area contributed by atoms with Crippen LogP contribution in [0.5, 0.6) is 0 Å². The Morgan fingerprint density at radius 2 is 1.94 bits per heavy atom. The van der Waals surface area contributed by atoms with Crippen molar-refractivity contribution in [2.24, 2.45) is 10.1 Å². The topological polar surface area (TPSA) is 73.8 Å². The number of aryl methyl sites for hydroxylation is 3. The molecule has 5 rings (SSSR count). The number of nitrogens with one attached hydrogen (secondary N) is 1. The molecule has 3 aromatic rings. The number of nitrogens with zero attached hydrogens (tertiary/aromatic N) is 4. The van der Waals surface area contributed by atoms with Gasteiger partial charge in [0.15, 0.2) is 5.84 Å². The predicted octanol–water partition coefficient (Wildman–Crippen LogP) is 5.63. The maximum Gasteiger partial charge on any atom is 0.283 e. The van der Waals surface area contributed by atoms with E-state index in [0.717, 1.165) is 27.7 Å². The van der Waals surface area contributed by atoms with Crippen molar-refractivity contribution in [3.63, 3.8) is 0 Å². The van der Waals surface area contributed by atoms with Crippen LogP contribution in [0.4, 0.5) is 0 Å². The van der Waals surface area contributed by atoms with Gasteiger partial charge in [-0.3, -0.25) is 10.2 Å². The molecule has 0 radical (unpaired) electrons. The van der Waals surface area contributed by atoms with Crippen LogP contribution in [0.15, 0.2) is 57.4 Å². The molecular weight excluding hydrogens is 450 g/mol. The van der Waals surface area contributed by atoms with Gasteiger partial charge in [-0.25, -0.2) is 0 Å². The lowest BCUT2D eigenvalue weighted by atomic mass is 10.1. The minimum atomic E-state index is -0.400. The van der Waals surface area contributed by atoms with Crippen molar-refractivity contribution >= 4 is 51.1 Å². The molecule has 0 aliphatic carbocycles. The van der Waals surface area contributed by atoms with Crippen LogP contribution in [0.25, 0.3) is 11.8 Å². The van der Waals surface area contributed by atoms with E-state index in [1.54, 1.807) is 17.4 Å². The molecule has 4 heterocycles. The lowest BCUT2D eigenvalue weighted by molar-refractivity contribution is -0.114. The zero-order valence-corrected chi connectivity index (χ0v) is 20.5. The zero-order valence-electron chi connectivity index (χ0n) is 18.8. The highest BCUT2D eigenvalue weighted by Gasteiger charge is 2.35. The van der Waals surface area contributed by atoms with Crippen molar-refractivity contribution in [3.8, 4) is 5.69 Å². The van der Waals surface area contributed by atoms with Gasteiger partial charge in [0.1, 0.15) is 5.04 Å². The standard InChI is InChI=1S/C25H23N5OS2/c1-14-7-8-15(2)21(10-14)29-16(3)11-18(17(29)4)12-20-23(26)30-25(27-24(20)31)33-22(28-30)13-19-6-5-9-32-19/h5-12,26H,13H2,1-4H3/b20-12+,26-23?. The van der Waals surface area contributed by atoms with E-state index in [4.69, 9.17) is 5.41 Å². The first-order chi connectivity index (χ1) is 15.8. The number of amides is 1. The van der Waals surface area contributed by atoms with Gasteiger partial charge in [0, 0.05) is 28.4 Å². The third-order valence-electron chi connectivity index (χ3n) is 5.78. The highest BCUT2D eigenvalue weighted by molar-refractivity contribution is 8.27. The van der Waals surface area contributed by atoms with E-state index in [1.165, 1.54) is 32.8 Å². The van der Waals surface area contributed by atoms with E-state index >= 15 is 0 Å². The maximum absolute atomic E-state index is 12.9. The minimum Gasteiger partial charge on any atom is -0.318 e. The predicted molar refractivity (Wildman–Crippen MR) is 138 cm³/mol. The van der Waals surface area contributed by atoms with Crippen molar-refractivity contribution in [1.82, 2.24) is 9.58 Å². The average molecular weight is 474 g/mol. The van der Waals surface area contributed by atoms with Crippen LogP contribution in [0, 0.1) is 33.1 Å². The summed E-state index contributed by atoms with van der Waals surface area (Å²) in [4.78, 5) is 18.3. The normalized spacial score (nSPS) is 17.0. The number of carbonyl (C=O) groups is 1. The van der Waals surface area contributed by atoms with Gasteiger partial charge < -0.3 is 4.57 Å². The van der Waals surface area contributed by atoms with Crippen LogP contribution in [-0.2, 0) is 11.2 Å². The molecule has 0 unspecified atom stereocenters. The number of carbonyl (C=O) groups excluding carboxylic acids is 1. The van der Waals surface area contributed by atoms with Gasteiger partial charge in [-0.2, -0.15) is 15.1 Å². The van der Waals surface area contributed by atoms with Crippen LogP contribution in [-0.4, -0.2) is 31.5 Å². The van der Waals surface area contributed by atoms with E-state index in [1.807, 2.05) is 24.4 Å². The molecule has 0 saturated heterocycles. The third kappa shape index (κ3) is 3.89. The Balaban J connectivity index is 1.49. The first-order valence-electron chi connectivity index (χ1n) is 10.6. The Morgan fingerprint density at radius 1 is 1.12 bits per heavy atom. The molecule has 0 atom stereocenters. The second-order valence-corrected chi connectivity index (χ2v) is 10.3. The number of rotatable bonds is 4. The fourth-order valence-corrected chi connectivity index (χ4v) is 5.79.